The van der Waals surface area contributed by atoms with Gasteiger partial charge in [-0.2, -0.15) is 0 Å². The van der Waals surface area contributed by atoms with Crippen molar-refractivity contribution in [1.82, 2.24) is 4.90 Å². The van der Waals surface area contributed by atoms with Gasteiger partial charge in [0.1, 0.15) is 18.1 Å². The molecule has 0 spiro atoms. The lowest BCUT2D eigenvalue weighted by Gasteiger charge is -2.25. The summed E-state index contributed by atoms with van der Waals surface area (Å²) in [7, 11) is 0. The van der Waals surface area contributed by atoms with E-state index in [-0.39, 0.29) is 36.8 Å². The third-order valence-corrected chi connectivity index (χ3v) is 5.17. The molecule has 2 amide bonds. The highest BCUT2D eigenvalue weighted by Crippen LogP contribution is 2.19. The Morgan fingerprint density at radius 3 is 2.77 bits per heavy atom. The van der Waals surface area contributed by atoms with E-state index in [0.29, 0.717) is 13.2 Å². The number of rotatable bonds is 8. The molecular weight excluding hydrogens is 387 g/mol. The number of carbonyl (C=O) groups is 2. The highest BCUT2D eigenvalue weighted by atomic mass is 19.1. The molecule has 0 aromatic heterocycles. The van der Waals surface area contributed by atoms with Gasteiger partial charge < -0.3 is 19.7 Å². The lowest BCUT2D eigenvalue weighted by molar-refractivity contribution is -0.138. The second-order valence-corrected chi connectivity index (χ2v) is 7.45. The number of anilines is 1. The predicted molar refractivity (Wildman–Crippen MR) is 112 cm³/mol. The van der Waals surface area contributed by atoms with Crippen LogP contribution < -0.4 is 10.1 Å². The minimum atomic E-state index is -0.441. The second kappa shape index (κ2) is 10.2. The molecule has 0 aliphatic carbocycles. The first-order chi connectivity index (χ1) is 14.4. The zero-order valence-electron chi connectivity index (χ0n) is 17.3. The third kappa shape index (κ3) is 6.03. The number of nitrogens with one attached hydrogen (secondary N) is 1. The smallest absolute Gasteiger partial charge is 0.261 e. The van der Waals surface area contributed by atoms with Gasteiger partial charge in [-0.3, -0.25) is 9.59 Å². The van der Waals surface area contributed by atoms with E-state index >= 15 is 0 Å². The minimum Gasteiger partial charge on any atom is -0.484 e. The number of benzene rings is 2. The van der Waals surface area contributed by atoms with Crippen LogP contribution in [-0.2, 0) is 14.3 Å². The van der Waals surface area contributed by atoms with Gasteiger partial charge >= 0.3 is 0 Å². The quantitative estimate of drug-likeness (QED) is 0.718. The first-order valence-corrected chi connectivity index (χ1v) is 10.1. The molecule has 0 saturated carbocycles. The predicted octanol–water partition coefficient (Wildman–Crippen LogP) is 3.47. The molecule has 30 heavy (non-hydrogen) atoms. The van der Waals surface area contributed by atoms with E-state index in [1.54, 1.807) is 6.07 Å². The van der Waals surface area contributed by atoms with E-state index in [1.807, 2.05) is 32.0 Å². The van der Waals surface area contributed by atoms with Crippen LogP contribution in [0.4, 0.5) is 10.1 Å². The normalized spacial score (nSPS) is 15.6. The Bertz CT molecular complexity index is 897. The molecule has 1 fully saturated rings. The van der Waals surface area contributed by atoms with E-state index < -0.39 is 5.82 Å². The lowest BCUT2D eigenvalue weighted by atomic mass is 10.1. The summed E-state index contributed by atoms with van der Waals surface area (Å²) >= 11 is 0. The summed E-state index contributed by atoms with van der Waals surface area (Å²) in [6, 6.07) is 11.3. The maximum absolute atomic E-state index is 13.3. The van der Waals surface area contributed by atoms with Crippen LogP contribution in [0.15, 0.2) is 42.5 Å². The highest BCUT2D eigenvalue weighted by molar-refractivity contribution is 5.95. The number of hydrogen-bond donors (Lipinski definition) is 1. The number of nitrogens with zero attached hydrogens (tertiary/aromatic N) is 1. The van der Waals surface area contributed by atoms with Crippen molar-refractivity contribution in [2.24, 2.45) is 0 Å². The van der Waals surface area contributed by atoms with Crippen LogP contribution >= 0.6 is 0 Å². The molecule has 7 heteroatoms. The molecule has 1 heterocycles. The summed E-state index contributed by atoms with van der Waals surface area (Å²) < 4.78 is 24.4. The number of hydrogen-bond acceptors (Lipinski definition) is 4. The first-order valence-electron chi connectivity index (χ1n) is 10.1. The molecule has 1 atom stereocenters. The van der Waals surface area contributed by atoms with Gasteiger partial charge in [0.25, 0.3) is 5.91 Å². The zero-order valence-corrected chi connectivity index (χ0v) is 17.3. The van der Waals surface area contributed by atoms with E-state index in [0.717, 1.165) is 29.7 Å². The Hall–Kier alpha value is -2.93. The SMILES string of the molecule is Cc1cccc(NC(=O)CN(C[C@@H]2CCCO2)C(=O)COc2cccc(F)c2)c1C. The Morgan fingerprint density at radius 2 is 2.03 bits per heavy atom. The van der Waals surface area contributed by atoms with Crippen molar-refractivity contribution >= 4 is 17.5 Å². The molecule has 1 aliphatic rings. The van der Waals surface area contributed by atoms with Crippen LogP contribution in [0.3, 0.4) is 0 Å². The topological polar surface area (TPSA) is 67.9 Å². The third-order valence-electron chi connectivity index (χ3n) is 5.17. The largest absolute Gasteiger partial charge is 0.484 e. The van der Waals surface area contributed by atoms with E-state index in [2.05, 4.69) is 5.32 Å². The Kier molecular flexibility index (Phi) is 7.41. The molecule has 2 aromatic rings. The van der Waals surface area contributed by atoms with Crippen molar-refractivity contribution in [2.75, 3.05) is 31.6 Å². The molecule has 1 saturated heterocycles. The van der Waals surface area contributed by atoms with Crippen molar-refractivity contribution in [3.05, 3.63) is 59.4 Å². The number of ether oxygens (including phenoxy) is 2. The number of halogens is 1. The summed E-state index contributed by atoms with van der Waals surface area (Å²) in [5, 5.41) is 2.88. The van der Waals surface area contributed by atoms with Gasteiger partial charge in [0.05, 0.1) is 6.10 Å². The zero-order chi connectivity index (χ0) is 21.5. The van der Waals surface area contributed by atoms with Crippen LogP contribution in [-0.4, -0.2) is 49.1 Å². The first kappa shape index (κ1) is 21.8. The van der Waals surface area contributed by atoms with Gasteiger partial charge in [-0.1, -0.05) is 18.2 Å². The van der Waals surface area contributed by atoms with E-state index in [9.17, 15) is 14.0 Å². The maximum atomic E-state index is 13.3. The van der Waals surface area contributed by atoms with Gasteiger partial charge in [0.2, 0.25) is 5.91 Å². The molecule has 6 nitrogen and oxygen atoms in total. The Morgan fingerprint density at radius 1 is 1.23 bits per heavy atom. The van der Waals surface area contributed by atoms with Crippen LogP contribution in [0.5, 0.6) is 5.75 Å². The molecule has 1 aliphatic heterocycles. The molecule has 1 N–H and O–H groups in total. The van der Waals surface area contributed by atoms with Crippen molar-refractivity contribution in [3.63, 3.8) is 0 Å². The van der Waals surface area contributed by atoms with Crippen molar-refractivity contribution in [3.8, 4) is 5.75 Å². The van der Waals surface area contributed by atoms with Crippen molar-refractivity contribution in [1.29, 1.82) is 0 Å². The fourth-order valence-electron chi connectivity index (χ4n) is 3.33. The number of aryl methyl sites for hydroxylation is 1. The molecule has 2 aromatic carbocycles. The second-order valence-electron chi connectivity index (χ2n) is 7.45. The maximum Gasteiger partial charge on any atom is 0.261 e. The average molecular weight is 414 g/mol. The van der Waals surface area contributed by atoms with Crippen LogP contribution in [0.25, 0.3) is 0 Å². The fraction of sp³-hybridized carbons (Fsp3) is 0.391. The van der Waals surface area contributed by atoms with E-state index in [4.69, 9.17) is 9.47 Å². The molecule has 3 rings (SSSR count). The number of amides is 2. The van der Waals surface area contributed by atoms with Crippen LogP contribution in [0.2, 0.25) is 0 Å². The van der Waals surface area contributed by atoms with Gasteiger partial charge in [-0.05, 0) is 56.0 Å². The highest BCUT2D eigenvalue weighted by Gasteiger charge is 2.25. The molecule has 0 bridgehead atoms. The molecule has 0 radical (unpaired) electrons. The summed E-state index contributed by atoms with van der Waals surface area (Å²) in [6.07, 6.45) is 1.67. The molecule has 160 valence electrons. The number of carbonyl (C=O) groups excluding carboxylic acids is 2. The average Bonchev–Trinajstić information content (AvgIpc) is 3.22. The molecular formula is C23H27FN2O4. The minimum absolute atomic E-state index is 0.100. The van der Waals surface area contributed by atoms with Gasteiger partial charge in [0, 0.05) is 24.9 Å². The lowest BCUT2D eigenvalue weighted by Crippen LogP contribution is -2.44. The summed E-state index contributed by atoms with van der Waals surface area (Å²) in [5.41, 5.74) is 2.78. The molecule has 0 unspecified atom stereocenters. The Balaban J connectivity index is 1.64. The fourth-order valence-corrected chi connectivity index (χ4v) is 3.33. The van der Waals surface area contributed by atoms with Crippen LogP contribution in [0, 0.1) is 19.7 Å². The van der Waals surface area contributed by atoms with Gasteiger partial charge in [-0.25, -0.2) is 4.39 Å². The van der Waals surface area contributed by atoms with Crippen molar-refractivity contribution < 1.29 is 23.5 Å². The van der Waals surface area contributed by atoms with E-state index in [1.165, 1.54) is 23.1 Å². The summed E-state index contributed by atoms with van der Waals surface area (Å²) in [4.78, 5) is 26.9. The Labute approximate surface area is 176 Å². The van der Waals surface area contributed by atoms with Crippen molar-refractivity contribution in [2.45, 2.75) is 32.8 Å². The summed E-state index contributed by atoms with van der Waals surface area (Å²) in [5.74, 6) is -0.823. The van der Waals surface area contributed by atoms with Crippen LogP contribution in [0.1, 0.15) is 24.0 Å². The van der Waals surface area contributed by atoms with Gasteiger partial charge in [0.15, 0.2) is 6.61 Å². The van der Waals surface area contributed by atoms with Gasteiger partial charge in [-0.15, -0.1) is 0 Å². The standard InChI is InChI=1S/C23H27FN2O4/c1-16-6-3-10-21(17(16)2)25-22(27)14-26(13-20-9-5-11-29-20)23(28)15-30-19-8-4-7-18(24)12-19/h3-4,6-8,10,12,20H,5,9,11,13-15H2,1-2H3,(H,25,27)/t20-/m0/s1. The summed E-state index contributed by atoms with van der Waals surface area (Å²) in [6.45, 7) is 4.48. The monoisotopic (exact) mass is 414 g/mol.